The van der Waals surface area contributed by atoms with E-state index in [0.29, 0.717) is 23.8 Å². The summed E-state index contributed by atoms with van der Waals surface area (Å²) in [5, 5.41) is 8.30. The maximum atomic E-state index is 12.1. The van der Waals surface area contributed by atoms with Gasteiger partial charge in [0.2, 0.25) is 5.88 Å². The first kappa shape index (κ1) is 19.0. The fourth-order valence-corrected chi connectivity index (χ4v) is 2.50. The maximum Gasteiger partial charge on any atom is 0.319 e. The molecule has 3 amide bonds. The van der Waals surface area contributed by atoms with Gasteiger partial charge in [0.25, 0.3) is 5.91 Å². The molecule has 2 heterocycles. The Morgan fingerprint density at radius 2 is 2.00 bits per heavy atom. The quantitative estimate of drug-likeness (QED) is 0.606. The van der Waals surface area contributed by atoms with Gasteiger partial charge in [0.05, 0.1) is 13.4 Å². The molecule has 0 unspecified atom stereocenters. The van der Waals surface area contributed by atoms with Crippen LogP contribution in [0.4, 0.5) is 16.2 Å². The van der Waals surface area contributed by atoms with Crippen molar-refractivity contribution in [1.82, 2.24) is 10.3 Å². The van der Waals surface area contributed by atoms with Gasteiger partial charge in [0, 0.05) is 30.2 Å². The minimum Gasteiger partial charge on any atom is -0.481 e. The van der Waals surface area contributed by atoms with Crippen molar-refractivity contribution in [2.75, 3.05) is 17.7 Å². The highest BCUT2D eigenvalue weighted by atomic mass is 16.5. The molecule has 0 saturated heterocycles. The van der Waals surface area contributed by atoms with Gasteiger partial charge in [-0.05, 0) is 54.4 Å². The van der Waals surface area contributed by atoms with E-state index < -0.39 is 0 Å². The number of benzene rings is 1. The van der Waals surface area contributed by atoms with Gasteiger partial charge in [-0.15, -0.1) is 0 Å². The monoisotopic (exact) mass is 380 g/mol. The topological polar surface area (TPSA) is 105 Å². The number of hydrogen-bond acceptors (Lipinski definition) is 5. The van der Waals surface area contributed by atoms with Gasteiger partial charge in [-0.1, -0.05) is 0 Å². The molecule has 1 aromatic carbocycles. The summed E-state index contributed by atoms with van der Waals surface area (Å²) in [4.78, 5) is 28.2. The molecule has 2 aromatic heterocycles. The van der Waals surface area contributed by atoms with E-state index in [2.05, 4.69) is 20.9 Å². The van der Waals surface area contributed by atoms with Crippen LogP contribution in [0.15, 0.2) is 59.3 Å². The standard InChI is InChI=1S/C20H20N4O4/c1-13-10-15(5-6-16(13)24-19(25)17-4-3-9-28-17)23-20(26)22-12-14-7-8-21-18(11-14)27-2/h3-11H,12H2,1-2H3,(H,24,25)(H2,22,23,26). The van der Waals surface area contributed by atoms with Crippen LogP contribution in [0.25, 0.3) is 0 Å². The molecule has 0 aliphatic rings. The van der Waals surface area contributed by atoms with Gasteiger partial charge in [0.15, 0.2) is 5.76 Å². The van der Waals surface area contributed by atoms with Crippen LogP contribution in [0.3, 0.4) is 0 Å². The van der Waals surface area contributed by atoms with Crippen LogP contribution < -0.4 is 20.7 Å². The molecule has 0 atom stereocenters. The largest absolute Gasteiger partial charge is 0.481 e. The van der Waals surface area contributed by atoms with Crippen molar-refractivity contribution in [3.8, 4) is 5.88 Å². The van der Waals surface area contributed by atoms with E-state index in [1.54, 1.807) is 48.7 Å². The number of carbonyl (C=O) groups excluding carboxylic acids is 2. The molecule has 0 aliphatic heterocycles. The molecular weight excluding hydrogens is 360 g/mol. The predicted molar refractivity (Wildman–Crippen MR) is 104 cm³/mol. The Bertz CT molecular complexity index is 970. The number of rotatable bonds is 6. The third kappa shape index (κ3) is 4.88. The molecule has 0 radical (unpaired) electrons. The molecule has 144 valence electrons. The van der Waals surface area contributed by atoms with Crippen LogP contribution in [0.5, 0.6) is 5.88 Å². The van der Waals surface area contributed by atoms with E-state index in [0.717, 1.165) is 11.1 Å². The Morgan fingerprint density at radius 3 is 2.71 bits per heavy atom. The van der Waals surface area contributed by atoms with Crippen molar-refractivity contribution in [2.45, 2.75) is 13.5 Å². The molecule has 3 rings (SSSR count). The lowest BCUT2D eigenvalue weighted by Crippen LogP contribution is -2.28. The number of anilines is 2. The number of amides is 3. The summed E-state index contributed by atoms with van der Waals surface area (Å²) in [6, 6.07) is 11.6. The molecule has 8 heteroatoms. The second kappa shape index (κ2) is 8.72. The Hall–Kier alpha value is -3.81. The number of nitrogens with one attached hydrogen (secondary N) is 3. The number of aromatic nitrogens is 1. The fourth-order valence-electron chi connectivity index (χ4n) is 2.50. The van der Waals surface area contributed by atoms with E-state index in [-0.39, 0.29) is 17.7 Å². The van der Waals surface area contributed by atoms with Crippen molar-refractivity contribution in [3.05, 3.63) is 71.8 Å². The third-order valence-electron chi connectivity index (χ3n) is 3.94. The maximum absolute atomic E-state index is 12.1. The van der Waals surface area contributed by atoms with Crippen molar-refractivity contribution in [1.29, 1.82) is 0 Å². The van der Waals surface area contributed by atoms with E-state index in [1.807, 2.05) is 6.92 Å². The average Bonchev–Trinajstić information content (AvgIpc) is 3.23. The molecule has 3 aromatic rings. The fraction of sp³-hybridized carbons (Fsp3) is 0.150. The van der Waals surface area contributed by atoms with Crippen LogP contribution in [-0.4, -0.2) is 24.0 Å². The summed E-state index contributed by atoms with van der Waals surface area (Å²) in [6.45, 7) is 2.17. The first-order chi connectivity index (χ1) is 13.5. The SMILES string of the molecule is COc1cc(CNC(=O)Nc2ccc(NC(=O)c3ccco3)c(C)c2)ccn1. The summed E-state index contributed by atoms with van der Waals surface area (Å²) >= 11 is 0. The number of furan rings is 1. The van der Waals surface area contributed by atoms with Crippen LogP contribution in [-0.2, 0) is 6.54 Å². The van der Waals surface area contributed by atoms with Crippen LogP contribution >= 0.6 is 0 Å². The highest BCUT2D eigenvalue weighted by Gasteiger charge is 2.11. The number of ether oxygens (including phenoxy) is 1. The van der Waals surface area contributed by atoms with Crippen LogP contribution in [0, 0.1) is 6.92 Å². The molecule has 0 bridgehead atoms. The van der Waals surface area contributed by atoms with Gasteiger partial charge in [-0.2, -0.15) is 0 Å². The van der Waals surface area contributed by atoms with E-state index in [9.17, 15) is 9.59 Å². The number of methoxy groups -OCH3 is 1. The van der Waals surface area contributed by atoms with Crippen molar-refractivity contribution >= 4 is 23.3 Å². The third-order valence-corrected chi connectivity index (χ3v) is 3.94. The first-order valence-electron chi connectivity index (χ1n) is 8.54. The van der Waals surface area contributed by atoms with Gasteiger partial charge < -0.3 is 25.1 Å². The van der Waals surface area contributed by atoms with E-state index in [4.69, 9.17) is 9.15 Å². The highest BCUT2D eigenvalue weighted by molar-refractivity contribution is 6.02. The molecule has 0 saturated carbocycles. The van der Waals surface area contributed by atoms with Crippen LogP contribution in [0.2, 0.25) is 0 Å². The smallest absolute Gasteiger partial charge is 0.319 e. The molecule has 28 heavy (non-hydrogen) atoms. The summed E-state index contributed by atoms with van der Waals surface area (Å²) < 4.78 is 10.1. The Labute approximate surface area is 161 Å². The van der Waals surface area contributed by atoms with Gasteiger partial charge in [-0.25, -0.2) is 9.78 Å². The molecule has 0 aliphatic carbocycles. The van der Waals surface area contributed by atoms with Gasteiger partial charge >= 0.3 is 6.03 Å². The number of urea groups is 1. The molecule has 3 N–H and O–H groups in total. The molecule has 8 nitrogen and oxygen atoms in total. The Balaban J connectivity index is 1.56. The second-order valence-electron chi connectivity index (χ2n) is 5.98. The van der Waals surface area contributed by atoms with Crippen molar-refractivity contribution < 1.29 is 18.7 Å². The van der Waals surface area contributed by atoms with E-state index in [1.165, 1.54) is 13.4 Å². The minimum absolute atomic E-state index is 0.230. The lowest BCUT2D eigenvalue weighted by molar-refractivity contribution is 0.0996. The van der Waals surface area contributed by atoms with E-state index >= 15 is 0 Å². The number of aryl methyl sites for hydroxylation is 1. The minimum atomic E-state index is -0.345. The average molecular weight is 380 g/mol. The number of hydrogen-bond donors (Lipinski definition) is 3. The van der Waals surface area contributed by atoms with Crippen molar-refractivity contribution in [2.24, 2.45) is 0 Å². The number of nitrogens with zero attached hydrogens (tertiary/aromatic N) is 1. The van der Waals surface area contributed by atoms with Crippen molar-refractivity contribution in [3.63, 3.8) is 0 Å². The Morgan fingerprint density at radius 1 is 1.14 bits per heavy atom. The zero-order valence-electron chi connectivity index (χ0n) is 15.5. The molecule has 0 fully saturated rings. The summed E-state index contributed by atoms with van der Waals surface area (Å²) in [6.07, 6.45) is 3.06. The Kier molecular flexibility index (Phi) is 5.91. The molecule has 0 spiro atoms. The molecular formula is C20H20N4O4. The second-order valence-corrected chi connectivity index (χ2v) is 5.98. The summed E-state index contributed by atoms with van der Waals surface area (Å²) in [7, 11) is 1.54. The first-order valence-corrected chi connectivity index (χ1v) is 8.54. The zero-order chi connectivity index (χ0) is 19.9. The summed E-state index contributed by atoms with van der Waals surface area (Å²) in [5.41, 5.74) is 2.92. The normalized spacial score (nSPS) is 10.2. The van der Waals surface area contributed by atoms with Gasteiger partial charge in [-0.3, -0.25) is 4.79 Å². The zero-order valence-corrected chi connectivity index (χ0v) is 15.5. The lowest BCUT2D eigenvalue weighted by Gasteiger charge is -2.11. The predicted octanol–water partition coefficient (Wildman–Crippen LogP) is 3.57. The lowest BCUT2D eigenvalue weighted by atomic mass is 10.1. The summed E-state index contributed by atoms with van der Waals surface area (Å²) in [5.74, 6) is 0.385. The highest BCUT2D eigenvalue weighted by Crippen LogP contribution is 2.20. The number of pyridine rings is 1. The van der Waals surface area contributed by atoms with Gasteiger partial charge in [0.1, 0.15) is 0 Å². The number of carbonyl (C=O) groups is 2. The van der Waals surface area contributed by atoms with Crippen LogP contribution in [0.1, 0.15) is 21.7 Å².